The zero-order valence-electron chi connectivity index (χ0n) is 12.4. The van der Waals surface area contributed by atoms with Gasteiger partial charge in [0.2, 0.25) is 0 Å². The highest BCUT2D eigenvalue weighted by atomic mass is 32.2. The van der Waals surface area contributed by atoms with Crippen LogP contribution in [0.25, 0.3) is 0 Å². The van der Waals surface area contributed by atoms with Crippen LogP contribution in [0.5, 0.6) is 11.5 Å². The lowest BCUT2D eigenvalue weighted by molar-refractivity contribution is 0.370. The van der Waals surface area contributed by atoms with E-state index in [-0.39, 0.29) is 0 Å². The van der Waals surface area contributed by atoms with Crippen molar-refractivity contribution in [3.05, 3.63) is 46.5 Å². The molecule has 5 heteroatoms. The minimum absolute atomic E-state index is 0.712. The standard InChI is InChI=1S/C16H17O3PS/c1-9-5-11(3)15-13(7-9)21-14-8-10(2)6-12(4)16(14)19-20(17)18-15/h5-8,17H,1-4H3. The summed E-state index contributed by atoms with van der Waals surface area (Å²) in [5, 5.41) is 0. The number of hydrogen-bond acceptors (Lipinski definition) is 4. The van der Waals surface area contributed by atoms with Gasteiger partial charge in [-0.1, -0.05) is 23.9 Å². The molecule has 2 aromatic carbocycles. The number of rotatable bonds is 0. The van der Waals surface area contributed by atoms with Crippen LogP contribution in [0.15, 0.2) is 34.1 Å². The first-order valence-electron chi connectivity index (χ1n) is 6.69. The van der Waals surface area contributed by atoms with Crippen LogP contribution >= 0.6 is 20.4 Å². The third-order valence-corrected chi connectivity index (χ3v) is 5.05. The van der Waals surface area contributed by atoms with Gasteiger partial charge in [-0.2, -0.15) is 0 Å². The van der Waals surface area contributed by atoms with E-state index in [4.69, 9.17) is 9.05 Å². The minimum atomic E-state index is -1.97. The molecule has 1 aliphatic rings. The summed E-state index contributed by atoms with van der Waals surface area (Å²) in [6.07, 6.45) is 0. The molecule has 110 valence electrons. The molecule has 0 bridgehead atoms. The predicted octanol–water partition coefficient (Wildman–Crippen LogP) is 5.06. The maximum atomic E-state index is 10.1. The van der Waals surface area contributed by atoms with Crippen LogP contribution < -0.4 is 9.05 Å². The SMILES string of the molecule is Cc1cc(C)c2c(c1)Sc1cc(C)cc(C)c1OP(O)O2. The van der Waals surface area contributed by atoms with Gasteiger partial charge in [-0.05, 0) is 62.1 Å². The molecule has 0 saturated heterocycles. The lowest BCUT2D eigenvalue weighted by Gasteiger charge is -2.23. The lowest BCUT2D eigenvalue weighted by atomic mass is 10.1. The van der Waals surface area contributed by atoms with E-state index in [1.165, 1.54) is 11.1 Å². The molecule has 0 unspecified atom stereocenters. The molecule has 21 heavy (non-hydrogen) atoms. The molecule has 0 fully saturated rings. The molecule has 0 saturated carbocycles. The van der Waals surface area contributed by atoms with Gasteiger partial charge in [-0.25, -0.2) is 0 Å². The van der Waals surface area contributed by atoms with Crippen molar-refractivity contribution in [1.29, 1.82) is 0 Å². The van der Waals surface area contributed by atoms with Crippen LogP contribution in [0.2, 0.25) is 0 Å². The topological polar surface area (TPSA) is 38.7 Å². The average Bonchev–Trinajstić information content (AvgIpc) is 2.36. The fourth-order valence-corrected chi connectivity index (χ4v) is 4.78. The van der Waals surface area contributed by atoms with E-state index in [1.807, 2.05) is 26.0 Å². The summed E-state index contributed by atoms with van der Waals surface area (Å²) in [5.41, 5.74) is 4.38. The molecule has 1 heterocycles. The maximum Gasteiger partial charge on any atom is 0.460 e. The monoisotopic (exact) mass is 320 g/mol. The molecule has 0 radical (unpaired) electrons. The van der Waals surface area contributed by atoms with Gasteiger partial charge in [-0.15, -0.1) is 0 Å². The Morgan fingerprint density at radius 3 is 1.67 bits per heavy atom. The van der Waals surface area contributed by atoms with Crippen molar-refractivity contribution in [3.8, 4) is 11.5 Å². The van der Waals surface area contributed by atoms with Gasteiger partial charge in [0.05, 0.1) is 9.79 Å². The summed E-state index contributed by atoms with van der Waals surface area (Å²) in [4.78, 5) is 12.1. The average molecular weight is 320 g/mol. The summed E-state index contributed by atoms with van der Waals surface area (Å²) in [6.45, 7) is 8.10. The quantitative estimate of drug-likeness (QED) is 0.688. The van der Waals surface area contributed by atoms with Crippen LogP contribution in [-0.2, 0) is 0 Å². The first-order chi connectivity index (χ1) is 9.94. The third kappa shape index (κ3) is 2.89. The highest BCUT2D eigenvalue weighted by molar-refractivity contribution is 7.99. The van der Waals surface area contributed by atoms with Crippen molar-refractivity contribution < 1.29 is 13.9 Å². The zero-order chi connectivity index (χ0) is 15.1. The predicted molar refractivity (Wildman–Crippen MR) is 86.3 cm³/mol. The van der Waals surface area contributed by atoms with Gasteiger partial charge >= 0.3 is 8.60 Å². The Bertz CT molecular complexity index is 656. The highest BCUT2D eigenvalue weighted by Crippen LogP contribution is 2.51. The van der Waals surface area contributed by atoms with Gasteiger partial charge in [0.1, 0.15) is 11.5 Å². The largest absolute Gasteiger partial charge is 0.460 e. The molecule has 0 aromatic heterocycles. The van der Waals surface area contributed by atoms with Crippen molar-refractivity contribution in [2.24, 2.45) is 0 Å². The maximum absolute atomic E-state index is 10.1. The normalized spacial score (nSPS) is 14.3. The molecular weight excluding hydrogens is 303 g/mol. The fraction of sp³-hybridized carbons (Fsp3) is 0.250. The van der Waals surface area contributed by atoms with Crippen molar-refractivity contribution >= 4 is 20.4 Å². The number of aryl methyl sites for hydroxylation is 4. The molecule has 0 aliphatic carbocycles. The Morgan fingerprint density at radius 1 is 0.810 bits per heavy atom. The van der Waals surface area contributed by atoms with Gasteiger partial charge in [0.15, 0.2) is 0 Å². The second-order valence-corrected chi connectivity index (χ2v) is 7.27. The van der Waals surface area contributed by atoms with Gasteiger partial charge in [0.25, 0.3) is 0 Å². The van der Waals surface area contributed by atoms with Gasteiger partial charge in [-0.3, -0.25) is 0 Å². The summed E-state index contributed by atoms with van der Waals surface area (Å²) < 4.78 is 11.3. The van der Waals surface area contributed by atoms with Crippen molar-refractivity contribution in [2.45, 2.75) is 37.5 Å². The number of fused-ring (bicyclic) bond motifs is 2. The second kappa shape index (κ2) is 5.53. The van der Waals surface area contributed by atoms with Gasteiger partial charge in [0, 0.05) is 0 Å². The van der Waals surface area contributed by atoms with Crippen LogP contribution in [0.1, 0.15) is 22.3 Å². The molecule has 1 aliphatic heterocycles. The Labute approximate surface area is 130 Å². The molecule has 2 aromatic rings. The first-order valence-corrected chi connectivity index (χ1v) is 8.64. The Morgan fingerprint density at radius 2 is 1.24 bits per heavy atom. The Kier molecular flexibility index (Phi) is 3.87. The lowest BCUT2D eigenvalue weighted by Crippen LogP contribution is -2.03. The third-order valence-electron chi connectivity index (χ3n) is 3.33. The van der Waals surface area contributed by atoms with Crippen LogP contribution in [0.4, 0.5) is 0 Å². The molecule has 0 spiro atoms. The first kappa shape index (κ1) is 14.7. The summed E-state index contributed by atoms with van der Waals surface area (Å²) in [6, 6.07) is 8.27. The van der Waals surface area contributed by atoms with Crippen molar-refractivity contribution in [3.63, 3.8) is 0 Å². The van der Waals surface area contributed by atoms with Crippen LogP contribution in [-0.4, -0.2) is 4.89 Å². The Hall–Kier alpha value is -1.22. The van der Waals surface area contributed by atoms with Gasteiger partial charge < -0.3 is 13.9 Å². The van der Waals surface area contributed by atoms with Crippen molar-refractivity contribution in [1.82, 2.24) is 0 Å². The summed E-state index contributed by atoms with van der Waals surface area (Å²) in [5.74, 6) is 1.42. The summed E-state index contributed by atoms with van der Waals surface area (Å²) in [7, 11) is -1.97. The second-order valence-electron chi connectivity index (χ2n) is 5.34. The highest BCUT2D eigenvalue weighted by Gasteiger charge is 2.24. The van der Waals surface area contributed by atoms with Crippen molar-refractivity contribution in [2.75, 3.05) is 0 Å². The van der Waals surface area contributed by atoms with E-state index >= 15 is 0 Å². The minimum Gasteiger partial charge on any atom is -0.416 e. The van der Waals surface area contributed by atoms with E-state index in [9.17, 15) is 4.89 Å². The Balaban J connectivity index is 2.19. The van der Waals surface area contributed by atoms with Crippen LogP contribution in [0.3, 0.4) is 0 Å². The van der Waals surface area contributed by atoms with E-state index in [0.717, 1.165) is 20.9 Å². The molecule has 3 rings (SSSR count). The molecule has 0 amide bonds. The van der Waals surface area contributed by atoms with E-state index in [1.54, 1.807) is 11.8 Å². The molecular formula is C16H17O3PS. The molecule has 3 nitrogen and oxygen atoms in total. The fourth-order valence-electron chi connectivity index (χ4n) is 2.51. The zero-order valence-corrected chi connectivity index (χ0v) is 14.1. The van der Waals surface area contributed by atoms with E-state index < -0.39 is 8.60 Å². The smallest absolute Gasteiger partial charge is 0.416 e. The molecule has 1 N–H and O–H groups in total. The number of hydrogen-bond donors (Lipinski definition) is 1. The van der Waals surface area contributed by atoms with Crippen LogP contribution in [0, 0.1) is 27.7 Å². The van der Waals surface area contributed by atoms with E-state index in [2.05, 4.69) is 26.0 Å². The summed E-state index contributed by atoms with van der Waals surface area (Å²) >= 11 is 1.62. The number of benzene rings is 2. The van der Waals surface area contributed by atoms with E-state index in [0.29, 0.717) is 11.5 Å². The molecule has 0 atom stereocenters.